The summed E-state index contributed by atoms with van der Waals surface area (Å²) in [5, 5.41) is 121. The molecular formula is C47H74N2O16. The number of hydrogen-bond donors (Lipinski definition) is 12. The van der Waals surface area contributed by atoms with Gasteiger partial charge in [0.1, 0.15) is 12.2 Å². The van der Waals surface area contributed by atoms with Gasteiger partial charge in [-0.2, -0.15) is 0 Å². The van der Waals surface area contributed by atoms with Gasteiger partial charge in [0.15, 0.2) is 12.1 Å². The van der Waals surface area contributed by atoms with Crippen LogP contribution in [0.2, 0.25) is 0 Å². The van der Waals surface area contributed by atoms with Gasteiger partial charge in [-0.1, -0.05) is 98.9 Å². The van der Waals surface area contributed by atoms with Crippen LogP contribution >= 0.6 is 0 Å². The van der Waals surface area contributed by atoms with Crippen molar-refractivity contribution >= 4 is 12.2 Å². The van der Waals surface area contributed by atoms with Gasteiger partial charge < -0.3 is 81.0 Å². The van der Waals surface area contributed by atoms with Crippen LogP contribution in [0, 0.1) is 17.8 Å². The fourth-order valence-electron chi connectivity index (χ4n) is 7.94. The van der Waals surface area contributed by atoms with E-state index >= 15 is 0 Å². The molecule has 0 aromatic rings. The Hall–Kier alpha value is -3.44. The van der Waals surface area contributed by atoms with E-state index < -0.39 is 141 Å². The Morgan fingerprint density at radius 3 is 1.86 bits per heavy atom. The Kier molecular flexibility index (Phi) is 24.1. The molecule has 0 amide bonds. The summed E-state index contributed by atoms with van der Waals surface area (Å²) in [5.74, 6) is -4.63. The molecule has 0 aromatic carbocycles. The maximum Gasteiger partial charge on any atom is 0.308 e. The molecular weight excluding hydrogens is 849 g/mol. The molecule has 0 saturated carbocycles. The average molecular weight is 923 g/mol. The van der Waals surface area contributed by atoms with Crippen molar-refractivity contribution in [2.45, 2.75) is 177 Å². The quantitative estimate of drug-likeness (QED) is 0.0816. The summed E-state index contributed by atoms with van der Waals surface area (Å²) in [6, 6.07) is -1.10. The van der Waals surface area contributed by atoms with Gasteiger partial charge in [-0.3, -0.25) is 4.79 Å². The van der Waals surface area contributed by atoms with Crippen LogP contribution in [0.4, 0.5) is 0 Å². The van der Waals surface area contributed by atoms with Crippen molar-refractivity contribution in [3.63, 3.8) is 0 Å². The second-order valence-electron chi connectivity index (χ2n) is 17.5. The lowest BCUT2D eigenvalue weighted by Crippen LogP contribution is -2.61. The summed E-state index contributed by atoms with van der Waals surface area (Å²) < 4.78 is 23.5. The van der Waals surface area contributed by atoms with Gasteiger partial charge >= 0.3 is 5.97 Å². The maximum absolute atomic E-state index is 12.6. The molecule has 18 nitrogen and oxygen atoms in total. The van der Waals surface area contributed by atoms with Gasteiger partial charge in [0.25, 0.3) is 0 Å². The standard InChI is InChI=1S/C47H74N2O16/c1-28-17-15-13-11-9-7-5-6-8-10-12-14-16-18-35(64-46-45(59)42(48)44(58)31(4)63-46)24-40-36(27-49-61)39(55)26-47(60,65-40)25-34(52)22-38(54)37(53)20-19-32(50)21-33(51)23-41(56)62-30(3)29(2)43(28)57/h5-18,27-40,42-46,50-55,57-61H,19-26,48H2,1-4H3/b6-5?,9-7?,10-8?,13-11?,14-12?,17-15?,18-16?,49-27+/t28-,29-,30-,31+,32+,33+,34-,35-,36+,37+,38+,39-,40-,42-,43+,44+,45-,46-,47+/m0/s1. The van der Waals surface area contributed by atoms with Crippen LogP contribution in [0.25, 0.3) is 0 Å². The lowest BCUT2D eigenvalue weighted by atomic mass is 9.83. The lowest BCUT2D eigenvalue weighted by molar-refractivity contribution is -0.304. The Balaban J connectivity index is 1.86. The highest BCUT2D eigenvalue weighted by Crippen LogP contribution is 2.37. The summed E-state index contributed by atoms with van der Waals surface area (Å²) in [6.07, 6.45) is 6.75. The smallest absolute Gasteiger partial charge is 0.308 e. The maximum atomic E-state index is 12.6. The normalized spacial score (nSPS) is 42.2. The zero-order valence-corrected chi connectivity index (χ0v) is 37.7. The second kappa shape index (κ2) is 28.0. The van der Waals surface area contributed by atoms with E-state index in [4.69, 9.17) is 24.7 Å². The van der Waals surface area contributed by atoms with Crippen LogP contribution in [0.5, 0.6) is 0 Å². The highest BCUT2D eigenvalue weighted by atomic mass is 16.7. The summed E-state index contributed by atoms with van der Waals surface area (Å²) in [6.45, 7) is 6.80. The first-order valence-corrected chi connectivity index (χ1v) is 22.4. The van der Waals surface area contributed by atoms with E-state index in [0.717, 1.165) is 6.21 Å². The molecule has 2 saturated heterocycles. The number of carbonyl (C=O) groups is 1. The van der Waals surface area contributed by atoms with E-state index in [1.54, 1.807) is 63.3 Å². The number of oxime groups is 1. The number of allylic oxidation sites excluding steroid dienone is 12. The average Bonchev–Trinajstić information content (AvgIpc) is 3.23. The minimum absolute atomic E-state index is 0.0821. The van der Waals surface area contributed by atoms with Gasteiger partial charge in [0.2, 0.25) is 0 Å². The molecule has 0 spiro atoms. The van der Waals surface area contributed by atoms with Crippen molar-refractivity contribution in [1.29, 1.82) is 0 Å². The molecule has 3 rings (SSSR count). The van der Waals surface area contributed by atoms with Gasteiger partial charge in [-0.25, -0.2) is 0 Å². The number of fused-ring (bicyclic) bond motifs is 2. The number of rotatable bonds is 3. The molecule has 19 atom stereocenters. The van der Waals surface area contributed by atoms with Gasteiger partial charge in [-0.15, -0.1) is 5.16 Å². The van der Waals surface area contributed by atoms with Gasteiger partial charge in [0, 0.05) is 37.5 Å². The highest BCUT2D eigenvalue weighted by Gasteiger charge is 2.48. The van der Waals surface area contributed by atoms with Crippen LogP contribution in [0.15, 0.2) is 90.2 Å². The van der Waals surface area contributed by atoms with Crippen molar-refractivity contribution in [3.8, 4) is 0 Å². The summed E-state index contributed by atoms with van der Waals surface area (Å²) >= 11 is 0. The molecule has 3 aliphatic heterocycles. The first-order valence-electron chi connectivity index (χ1n) is 22.4. The third-order valence-corrected chi connectivity index (χ3v) is 12.0. The monoisotopic (exact) mass is 923 g/mol. The lowest BCUT2D eigenvalue weighted by Gasteiger charge is -2.45. The molecule has 0 unspecified atom stereocenters. The first-order chi connectivity index (χ1) is 30.7. The number of nitrogens with two attached hydrogens (primary N) is 1. The molecule has 13 N–H and O–H groups in total. The van der Waals surface area contributed by atoms with Crippen molar-refractivity contribution in [3.05, 3.63) is 85.1 Å². The fraction of sp³-hybridized carbons (Fsp3) is 0.660. The first kappa shape index (κ1) is 55.9. The molecule has 3 aliphatic rings. The van der Waals surface area contributed by atoms with E-state index in [0.29, 0.717) is 0 Å². The topological polar surface area (TPSA) is 315 Å². The van der Waals surface area contributed by atoms with Crippen LogP contribution in [0.3, 0.4) is 0 Å². The molecule has 0 aliphatic carbocycles. The largest absolute Gasteiger partial charge is 0.462 e. The Labute approximate surface area is 381 Å². The van der Waals surface area contributed by atoms with Gasteiger partial charge in [0.05, 0.1) is 91.7 Å². The van der Waals surface area contributed by atoms with Gasteiger partial charge in [-0.05, 0) is 33.1 Å². The van der Waals surface area contributed by atoms with Crippen LogP contribution < -0.4 is 5.73 Å². The van der Waals surface area contributed by atoms with Crippen molar-refractivity contribution in [1.82, 2.24) is 0 Å². The number of nitrogens with zero attached hydrogens (tertiary/aromatic N) is 1. The van der Waals surface area contributed by atoms with Crippen molar-refractivity contribution < 1.29 is 80.0 Å². The molecule has 2 fully saturated rings. The van der Waals surface area contributed by atoms with Crippen LogP contribution in [0.1, 0.15) is 79.1 Å². The van der Waals surface area contributed by atoms with E-state index in [2.05, 4.69) is 5.16 Å². The summed E-state index contributed by atoms with van der Waals surface area (Å²) in [4.78, 5) is 12.6. The third kappa shape index (κ3) is 19.0. The molecule has 3 heterocycles. The number of ether oxygens (including phenoxy) is 4. The number of aliphatic hydroxyl groups is 10. The molecule has 65 heavy (non-hydrogen) atoms. The predicted molar refractivity (Wildman–Crippen MR) is 240 cm³/mol. The minimum atomic E-state index is -2.19. The third-order valence-electron chi connectivity index (χ3n) is 12.0. The molecule has 18 heteroatoms. The predicted octanol–water partition coefficient (Wildman–Crippen LogP) is 1.09. The van der Waals surface area contributed by atoms with Crippen molar-refractivity contribution in [2.75, 3.05) is 0 Å². The Morgan fingerprint density at radius 1 is 0.677 bits per heavy atom. The number of esters is 1. The van der Waals surface area contributed by atoms with E-state index in [1.807, 2.05) is 49.5 Å². The molecule has 0 radical (unpaired) electrons. The summed E-state index contributed by atoms with van der Waals surface area (Å²) in [7, 11) is 0. The SMILES string of the molecule is C[C@@H]1[C@H](O)[C@@H](C)C=CC=CC=CC=CC=CC=CC=C[C@H](O[C@@H]2O[C@H](C)[C@@H](O)[C@H](N)[C@@H]2O)C[C@@H]2O[C@](O)(C[C@@H](O)C[C@@H](O)[C@H](O)CC[C@@H](O)C[C@@H](O)CC(=O)O[C@H]1C)C[C@H](O)[C@H]2/C=N/O. The Bertz CT molecular complexity index is 1650. The molecule has 0 aromatic heterocycles. The van der Waals surface area contributed by atoms with Crippen LogP contribution in [-0.2, 0) is 23.7 Å². The molecule has 2 bridgehead atoms. The summed E-state index contributed by atoms with van der Waals surface area (Å²) in [5.41, 5.74) is 6.05. The van der Waals surface area contributed by atoms with E-state index in [1.165, 1.54) is 0 Å². The number of hydrogen-bond acceptors (Lipinski definition) is 18. The van der Waals surface area contributed by atoms with Crippen LogP contribution in [-0.4, -0.2) is 166 Å². The number of aliphatic hydroxyl groups excluding tert-OH is 9. The van der Waals surface area contributed by atoms with E-state index in [9.17, 15) is 61.1 Å². The zero-order chi connectivity index (χ0) is 48.3. The minimum Gasteiger partial charge on any atom is -0.462 e. The highest BCUT2D eigenvalue weighted by molar-refractivity contribution is 5.70. The second-order valence-corrected chi connectivity index (χ2v) is 17.5. The fourth-order valence-corrected chi connectivity index (χ4v) is 7.94. The zero-order valence-electron chi connectivity index (χ0n) is 37.7. The van der Waals surface area contributed by atoms with E-state index in [-0.39, 0.29) is 31.6 Å². The number of cyclic esters (lactones) is 1. The van der Waals surface area contributed by atoms with Crippen molar-refractivity contribution in [2.24, 2.45) is 28.6 Å². The Morgan fingerprint density at radius 2 is 1.26 bits per heavy atom. The molecule has 368 valence electrons. The number of carbonyl (C=O) groups excluding carboxylic acids is 1.